The maximum atomic E-state index is 6.49. The van der Waals surface area contributed by atoms with Crippen LogP contribution in [-0.2, 0) is 4.74 Å². The van der Waals surface area contributed by atoms with E-state index in [1.165, 1.54) is 0 Å². The summed E-state index contributed by atoms with van der Waals surface area (Å²) in [4.78, 5) is 8.63. The summed E-state index contributed by atoms with van der Waals surface area (Å²) in [6.07, 6.45) is 5.02. The zero-order chi connectivity index (χ0) is 22.8. The van der Waals surface area contributed by atoms with Gasteiger partial charge in [0.2, 0.25) is 0 Å². The number of aromatic nitrogens is 1. The molecule has 0 spiro atoms. The Balaban J connectivity index is 1.32. The number of fused-ring (bicyclic) bond motifs is 1. The number of likely N-dealkylation sites (tertiary alicyclic amines) is 1. The van der Waals surface area contributed by atoms with E-state index in [1.807, 2.05) is 12.1 Å². The van der Waals surface area contributed by atoms with Gasteiger partial charge in [0.05, 0.1) is 0 Å². The molecule has 0 amide bonds. The molecule has 3 fully saturated rings. The van der Waals surface area contributed by atoms with Gasteiger partial charge in [-0.3, -0.25) is 0 Å². The molecular formula is C25H32BN4O2S. The van der Waals surface area contributed by atoms with Gasteiger partial charge in [-0.15, -0.1) is 0 Å². The molecule has 0 bridgehead atoms. The van der Waals surface area contributed by atoms with E-state index in [0.717, 1.165) is 103 Å². The number of benzene rings is 1. The summed E-state index contributed by atoms with van der Waals surface area (Å²) >= 11 is 0. The van der Waals surface area contributed by atoms with Crippen molar-refractivity contribution < 1.29 is 9.26 Å². The van der Waals surface area contributed by atoms with Gasteiger partial charge in [-0.1, -0.05) is 12.1 Å². The summed E-state index contributed by atoms with van der Waals surface area (Å²) < 4.78 is 11.1. The first-order chi connectivity index (χ1) is 16.1. The van der Waals surface area contributed by atoms with E-state index in [2.05, 4.69) is 41.0 Å². The summed E-state index contributed by atoms with van der Waals surface area (Å²) in [5, 5.41) is 9.25. The van der Waals surface area contributed by atoms with Gasteiger partial charge in [-0.25, -0.2) is 0 Å². The van der Waals surface area contributed by atoms with Gasteiger partial charge in [0.15, 0.2) is 0 Å². The summed E-state index contributed by atoms with van der Waals surface area (Å²) in [6, 6.07) is 8.51. The molecular weight excluding hydrogens is 431 g/mol. The molecule has 1 radical (unpaired) electrons. The first kappa shape index (κ1) is 22.6. The number of ether oxygens (including phenoxy) is 1. The first-order valence-electron chi connectivity index (χ1n) is 12.0. The molecule has 1 N–H and O–H groups in total. The summed E-state index contributed by atoms with van der Waals surface area (Å²) in [7, 11) is -0.294. The quantitative estimate of drug-likeness (QED) is 0.406. The van der Waals surface area contributed by atoms with Crippen molar-refractivity contribution in [2.45, 2.75) is 51.0 Å². The van der Waals surface area contributed by atoms with Gasteiger partial charge >= 0.3 is 181 Å². The van der Waals surface area contributed by atoms with Crippen LogP contribution in [0.4, 0.5) is 0 Å². The summed E-state index contributed by atoms with van der Waals surface area (Å²) in [6.45, 7) is 16.4. The van der Waals surface area contributed by atoms with Crippen LogP contribution < -0.4 is 5.32 Å². The Hall–Kier alpha value is -2.19. The monoisotopic (exact) mass is 463 g/mol. The van der Waals surface area contributed by atoms with Crippen molar-refractivity contribution in [3.8, 4) is 0 Å². The van der Waals surface area contributed by atoms with Gasteiger partial charge < -0.3 is 0 Å². The number of para-hydroxylation sites is 1. The normalized spacial score (nSPS) is 25.1. The van der Waals surface area contributed by atoms with E-state index < -0.39 is 0 Å². The number of amidine groups is 1. The number of allylic oxidation sites excluding steroid dienone is 1. The molecule has 3 aliphatic rings. The second-order valence-electron chi connectivity index (χ2n) is 9.18. The Labute approximate surface area is 199 Å². The number of aliphatic imine (C=N–C) groups is 1. The minimum atomic E-state index is -0.294. The molecule has 1 unspecified atom stereocenters. The fourth-order valence-electron chi connectivity index (χ4n) is 5.02. The van der Waals surface area contributed by atoms with E-state index in [-0.39, 0.29) is 10.3 Å². The molecule has 3 saturated heterocycles. The average molecular weight is 463 g/mol. The van der Waals surface area contributed by atoms with Gasteiger partial charge in [0.25, 0.3) is 0 Å². The number of rotatable bonds is 4. The number of hydrogen-bond acceptors (Lipinski definition) is 5. The van der Waals surface area contributed by atoms with Crippen LogP contribution in [-0.4, -0.2) is 60.7 Å². The minimum absolute atomic E-state index is 0.294. The first-order valence-corrected chi connectivity index (χ1v) is 13.4. The maximum absolute atomic E-state index is 6.49. The third-order valence-electron chi connectivity index (χ3n) is 7.00. The second kappa shape index (κ2) is 9.98. The van der Waals surface area contributed by atoms with Crippen molar-refractivity contribution >= 4 is 33.8 Å². The molecule has 6 nitrogen and oxygen atoms in total. The Morgan fingerprint density at radius 2 is 1.97 bits per heavy atom. The van der Waals surface area contributed by atoms with E-state index >= 15 is 0 Å². The number of hydrogen-bond donors (Lipinski definition) is 1. The molecule has 1 aromatic carbocycles. The average Bonchev–Trinajstić information content (AvgIpc) is 3.42. The molecule has 0 saturated carbocycles. The van der Waals surface area contributed by atoms with Crippen molar-refractivity contribution in [2.75, 3.05) is 32.1 Å². The number of piperidine rings is 1. The zero-order valence-corrected chi connectivity index (χ0v) is 20.2. The van der Waals surface area contributed by atoms with E-state index in [0.29, 0.717) is 12.0 Å². The molecule has 8 heteroatoms. The van der Waals surface area contributed by atoms with Crippen molar-refractivity contribution in [3.05, 3.63) is 52.8 Å². The molecule has 33 heavy (non-hydrogen) atoms. The number of nitrogens with one attached hydrogen (secondary N) is 1. The fourth-order valence-corrected chi connectivity index (χ4v) is 6.51. The fraction of sp³-hybridized carbons (Fsp3) is 0.520. The van der Waals surface area contributed by atoms with E-state index in [9.17, 15) is 0 Å². The van der Waals surface area contributed by atoms with Gasteiger partial charge in [0, 0.05) is 0 Å². The molecule has 1 atom stereocenters. The van der Waals surface area contributed by atoms with E-state index in [4.69, 9.17) is 21.0 Å². The third kappa shape index (κ3) is 4.87. The molecule has 0 aliphatic carbocycles. The van der Waals surface area contributed by atoms with Crippen LogP contribution in [0.5, 0.6) is 0 Å². The SMILES string of the molecule is [B]=S1CCC(=C)/C1=C(\N=C(C)N1CCC(c2noc3ccccc23)CC1)NC1CCOCC1. The van der Waals surface area contributed by atoms with Gasteiger partial charge in [-0.05, 0) is 6.07 Å². The topological polar surface area (TPSA) is 62.9 Å². The molecule has 2 aromatic rings. The van der Waals surface area contributed by atoms with Crippen LogP contribution in [0.2, 0.25) is 0 Å². The third-order valence-corrected chi connectivity index (χ3v) is 8.65. The molecule has 5 rings (SSSR count). The Bertz CT molecular complexity index is 1090. The molecule has 3 aliphatic heterocycles. The number of nitrogens with zero attached hydrogens (tertiary/aromatic N) is 3. The van der Waals surface area contributed by atoms with Gasteiger partial charge in [0.1, 0.15) is 0 Å². The zero-order valence-electron chi connectivity index (χ0n) is 19.4. The van der Waals surface area contributed by atoms with Crippen LogP contribution in [0.15, 0.2) is 56.7 Å². The Kier molecular flexibility index (Phi) is 6.83. The van der Waals surface area contributed by atoms with E-state index in [1.54, 1.807) is 0 Å². The summed E-state index contributed by atoms with van der Waals surface area (Å²) in [5.74, 6) is 3.36. The second-order valence-corrected chi connectivity index (χ2v) is 10.9. The van der Waals surface area contributed by atoms with Crippen molar-refractivity contribution in [3.63, 3.8) is 0 Å². The predicted octanol–water partition coefficient (Wildman–Crippen LogP) is 4.68. The van der Waals surface area contributed by atoms with Crippen LogP contribution in [0.1, 0.15) is 50.6 Å². The predicted molar refractivity (Wildman–Crippen MR) is 137 cm³/mol. The van der Waals surface area contributed by atoms with Crippen molar-refractivity contribution in [1.82, 2.24) is 15.4 Å². The molecule has 4 heterocycles. The standard InChI is InChI=1S/C25H32BN4O2S/c1-17-11-16-33(26)24(17)25(28-20-9-14-31-15-10-20)27-18(2)30-12-7-19(8-13-30)23-21-5-3-4-6-22(21)32-29-23/h3-6,19-20,28H,1,7-16H2,2H3/b25-24-,27-18?. The van der Waals surface area contributed by atoms with Crippen molar-refractivity contribution in [2.24, 2.45) is 4.99 Å². The van der Waals surface area contributed by atoms with Crippen molar-refractivity contribution in [1.29, 1.82) is 0 Å². The Morgan fingerprint density at radius 3 is 2.70 bits per heavy atom. The van der Waals surface area contributed by atoms with Crippen LogP contribution >= 0.6 is 10.3 Å². The van der Waals surface area contributed by atoms with Gasteiger partial charge in [-0.2, -0.15) is 0 Å². The van der Waals surface area contributed by atoms with Crippen LogP contribution in [0.25, 0.3) is 11.0 Å². The molecule has 1 aromatic heterocycles. The van der Waals surface area contributed by atoms with Crippen LogP contribution in [0, 0.1) is 0 Å². The summed E-state index contributed by atoms with van der Waals surface area (Å²) in [5.41, 5.74) is 3.10. The van der Waals surface area contributed by atoms with Crippen LogP contribution in [0.3, 0.4) is 0 Å². The Morgan fingerprint density at radius 1 is 1.21 bits per heavy atom. The molecule has 173 valence electrons.